The van der Waals surface area contributed by atoms with Crippen LogP contribution in [0.15, 0.2) is 36.5 Å². The molecule has 0 radical (unpaired) electrons. The van der Waals surface area contributed by atoms with Crippen LogP contribution in [0.1, 0.15) is 22.9 Å². The molecule has 1 aromatic heterocycles. The molecule has 0 spiro atoms. The summed E-state index contributed by atoms with van der Waals surface area (Å²) >= 11 is 11.9. The van der Waals surface area contributed by atoms with Gasteiger partial charge in [0.25, 0.3) is 0 Å². The van der Waals surface area contributed by atoms with Gasteiger partial charge in [-0.2, -0.15) is 0 Å². The van der Waals surface area contributed by atoms with Crippen molar-refractivity contribution >= 4 is 23.2 Å². The van der Waals surface area contributed by atoms with Crippen LogP contribution in [0.5, 0.6) is 0 Å². The topological polar surface area (TPSA) is 45.1 Å². The van der Waals surface area contributed by atoms with Crippen molar-refractivity contribution in [2.24, 2.45) is 0 Å². The third-order valence-electron chi connectivity index (χ3n) is 2.94. The Morgan fingerprint density at radius 1 is 1.25 bits per heavy atom. The van der Waals surface area contributed by atoms with Crippen LogP contribution in [0.2, 0.25) is 10.0 Å². The minimum atomic E-state index is -0.676. The van der Waals surface area contributed by atoms with Crippen LogP contribution < -0.4 is 5.32 Å². The van der Waals surface area contributed by atoms with Gasteiger partial charge in [0.05, 0.1) is 11.8 Å². The third-order valence-corrected chi connectivity index (χ3v) is 3.50. The Morgan fingerprint density at radius 2 is 2.05 bits per heavy atom. The average Bonchev–Trinajstić information content (AvgIpc) is 2.41. The van der Waals surface area contributed by atoms with E-state index in [4.69, 9.17) is 23.2 Å². The second-order valence-corrected chi connectivity index (χ2v) is 5.48. The molecule has 2 rings (SSSR count). The molecule has 0 fully saturated rings. The van der Waals surface area contributed by atoms with Crippen molar-refractivity contribution in [1.82, 2.24) is 10.3 Å². The molecule has 0 aliphatic heterocycles. The van der Waals surface area contributed by atoms with Gasteiger partial charge < -0.3 is 10.4 Å². The molecule has 0 aliphatic carbocycles. The number of aliphatic hydroxyl groups is 1. The van der Waals surface area contributed by atoms with Crippen LogP contribution in [0, 0.1) is 6.92 Å². The summed E-state index contributed by atoms with van der Waals surface area (Å²) in [5, 5.41) is 14.3. The van der Waals surface area contributed by atoms with E-state index in [1.54, 1.807) is 18.2 Å². The molecular formula is C15H16Cl2N2O. The fourth-order valence-electron chi connectivity index (χ4n) is 1.82. The summed E-state index contributed by atoms with van der Waals surface area (Å²) in [6, 6.07) is 9.05. The van der Waals surface area contributed by atoms with Gasteiger partial charge >= 0.3 is 0 Å². The molecule has 0 saturated carbocycles. The molecule has 3 nitrogen and oxygen atoms in total. The third kappa shape index (κ3) is 4.18. The van der Waals surface area contributed by atoms with Crippen LogP contribution in [-0.4, -0.2) is 16.6 Å². The van der Waals surface area contributed by atoms with Gasteiger partial charge in [0.1, 0.15) is 0 Å². The number of hydrogen-bond donors (Lipinski definition) is 2. The van der Waals surface area contributed by atoms with Crippen LogP contribution >= 0.6 is 23.2 Å². The number of pyridine rings is 1. The zero-order valence-corrected chi connectivity index (χ0v) is 12.6. The molecule has 5 heteroatoms. The maximum atomic E-state index is 10.1. The molecule has 1 atom stereocenters. The maximum Gasteiger partial charge on any atom is 0.0928 e. The van der Waals surface area contributed by atoms with Gasteiger partial charge in [-0.25, -0.2) is 0 Å². The average molecular weight is 311 g/mol. The van der Waals surface area contributed by atoms with Crippen molar-refractivity contribution in [1.29, 1.82) is 0 Å². The van der Waals surface area contributed by atoms with E-state index in [9.17, 15) is 5.11 Å². The standard InChI is InChI=1S/C15H16Cl2N2O/c1-10-2-4-12(19-7-10)8-18-9-15(20)13-5-3-11(16)6-14(13)17/h2-7,15,18,20H,8-9H2,1H3. The van der Waals surface area contributed by atoms with Crippen LogP contribution in [-0.2, 0) is 6.54 Å². The molecule has 0 saturated heterocycles. The second-order valence-electron chi connectivity index (χ2n) is 4.64. The quantitative estimate of drug-likeness (QED) is 0.888. The number of nitrogens with zero attached hydrogens (tertiary/aromatic N) is 1. The lowest BCUT2D eigenvalue weighted by Crippen LogP contribution is -2.21. The highest BCUT2D eigenvalue weighted by atomic mass is 35.5. The van der Waals surface area contributed by atoms with Crippen molar-refractivity contribution in [3.63, 3.8) is 0 Å². The van der Waals surface area contributed by atoms with Crippen LogP contribution in [0.25, 0.3) is 0 Å². The first-order chi connectivity index (χ1) is 9.56. The Morgan fingerprint density at radius 3 is 2.70 bits per heavy atom. The predicted molar refractivity (Wildman–Crippen MR) is 82.1 cm³/mol. The van der Waals surface area contributed by atoms with E-state index in [1.807, 2.05) is 25.3 Å². The maximum absolute atomic E-state index is 10.1. The largest absolute Gasteiger partial charge is 0.387 e. The van der Waals surface area contributed by atoms with Crippen molar-refractivity contribution in [2.45, 2.75) is 19.6 Å². The Hall–Kier alpha value is -1.13. The molecule has 0 bridgehead atoms. The molecular weight excluding hydrogens is 295 g/mol. The van der Waals surface area contributed by atoms with Gasteiger partial charge in [0.15, 0.2) is 0 Å². The molecule has 0 aliphatic rings. The van der Waals surface area contributed by atoms with Gasteiger partial charge in [-0.15, -0.1) is 0 Å². The number of aliphatic hydroxyl groups excluding tert-OH is 1. The molecule has 2 N–H and O–H groups in total. The molecule has 0 amide bonds. The Kier molecular flexibility index (Phi) is 5.38. The van der Waals surface area contributed by atoms with Crippen LogP contribution in [0.4, 0.5) is 0 Å². The monoisotopic (exact) mass is 310 g/mol. The Balaban J connectivity index is 1.88. The first-order valence-corrected chi connectivity index (χ1v) is 7.07. The number of rotatable bonds is 5. The number of benzene rings is 1. The number of halogens is 2. The summed E-state index contributed by atoms with van der Waals surface area (Å²) in [5.74, 6) is 0. The van der Waals surface area contributed by atoms with E-state index in [0.717, 1.165) is 11.3 Å². The normalized spacial score (nSPS) is 12.4. The summed E-state index contributed by atoms with van der Waals surface area (Å²) < 4.78 is 0. The van der Waals surface area contributed by atoms with E-state index < -0.39 is 6.10 Å². The van der Waals surface area contributed by atoms with Crippen molar-refractivity contribution in [3.05, 3.63) is 63.4 Å². The lowest BCUT2D eigenvalue weighted by Gasteiger charge is -2.13. The summed E-state index contributed by atoms with van der Waals surface area (Å²) in [6.45, 7) is 3.00. The minimum absolute atomic E-state index is 0.400. The van der Waals surface area contributed by atoms with Gasteiger partial charge in [-0.1, -0.05) is 35.3 Å². The van der Waals surface area contributed by atoms with Gasteiger partial charge in [0.2, 0.25) is 0 Å². The molecule has 1 heterocycles. The van der Waals surface area contributed by atoms with E-state index in [2.05, 4.69) is 10.3 Å². The molecule has 2 aromatic rings. The lowest BCUT2D eigenvalue weighted by molar-refractivity contribution is 0.174. The first kappa shape index (κ1) is 15.3. The smallest absolute Gasteiger partial charge is 0.0928 e. The number of aryl methyl sites for hydroxylation is 1. The molecule has 106 valence electrons. The Labute approximate surface area is 128 Å². The molecule has 1 aromatic carbocycles. The summed E-state index contributed by atoms with van der Waals surface area (Å²) in [6.07, 6.45) is 1.15. The fourth-order valence-corrected chi connectivity index (χ4v) is 2.36. The first-order valence-electron chi connectivity index (χ1n) is 6.31. The van der Waals surface area contributed by atoms with Crippen molar-refractivity contribution in [3.8, 4) is 0 Å². The lowest BCUT2D eigenvalue weighted by atomic mass is 10.1. The highest BCUT2D eigenvalue weighted by Gasteiger charge is 2.11. The predicted octanol–water partition coefficient (Wildman–Crippen LogP) is 3.52. The van der Waals surface area contributed by atoms with E-state index in [1.165, 1.54) is 0 Å². The summed E-state index contributed by atoms with van der Waals surface area (Å²) in [5.41, 5.74) is 2.73. The minimum Gasteiger partial charge on any atom is -0.387 e. The number of aromatic nitrogens is 1. The molecule has 1 unspecified atom stereocenters. The van der Waals surface area contributed by atoms with E-state index in [0.29, 0.717) is 28.7 Å². The number of hydrogen-bond acceptors (Lipinski definition) is 3. The van der Waals surface area contributed by atoms with Crippen LogP contribution in [0.3, 0.4) is 0 Å². The fraction of sp³-hybridized carbons (Fsp3) is 0.267. The SMILES string of the molecule is Cc1ccc(CNCC(O)c2ccc(Cl)cc2Cl)nc1. The highest BCUT2D eigenvalue weighted by molar-refractivity contribution is 6.35. The molecule has 20 heavy (non-hydrogen) atoms. The van der Waals surface area contributed by atoms with Crippen molar-refractivity contribution < 1.29 is 5.11 Å². The van der Waals surface area contributed by atoms with E-state index >= 15 is 0 Å². The van der Waals surface area contributed by atoms with E-state index in [-0.39, 0.29) is 0 Å². The zero-order chi connectivity index (χ0) is 14.5. The van der Waals surface area contributed by atoms with Gasteiger partial charge in [0, 0.05) is 34.9 Å². The Bertz CT molecular complexity index is 573. The van der Waals surface area contributed by atoms with Gasteiger partial charge in [-0.05, 0) is 30.7 Å². The summed E-state index contributed by atoms with van der Waals surface area (Å²) in [4.78, 5) is 4.29. The second kappa shape index (κ2) is 7.04. The van der Waals surface area contributed by atoms with Crippen molar-refractivity contribution in [2.75, 3.05) is 6.54 Å². The number of nitrogens with one attached hydrogen (secondary N) is 1. The zero-order valence-electron chi connectivity index (χ0n) is 11.1. The highest BCUT2D eigenvalue weighted by Crippen LogP contribution is 2.25. The van der Waals surface area contributed by atoms with Gasteiger partial charge in [-0.3, -0.25) is 4.98 Å². The summed E-state index contributed by atoms with van der Waals surface area (Å²) in [7, 11) is 0.